The van der Waals surface area contributed by atoms with Crippen molar-refractivity contribution in [2.45, 2.75) is 38.8 Å². The Bertz CT molecular complexity index is 592. The van der Waals surface area contributed by atoms with Gasteiger partial charge in [-0.2, -0.15) is 0 Å². The summed E-state index contributed by atoms with van der Waals surface area (Å²) in [7, 11) is 0. The third kappa shape index (κ3) is 2.92. The fourth-order valence-corrected chi connectivity index (χ4v) is 2.90. The molecule has 106 valence electrons. The zero-order valence-corrected chi connectivity index (χ0v) is 12.7. The molecule has 3 atom stereocenters. The lowest BCUT2D eigenvalue weighted by molar-refractivity contribution is 0.430. The minimum atomic E-state index is 0.206. The van der Waals surface area contributed by atoms with Gasteiger partial charge >= 0.3 is 0 Å². The molecular formula is C17H20ClNO. The van der Waals surface area contributed by atoms with E-state index in [0.29, 0.717) is 5.92 Å². The standard InChI is InChI=1S/C17H20ClNO/c1-11-9-15(11)17-8-7-13(20-17)10-19-12(2)14-5-3-4-6-16(14)18/h3-8,11-12,15,19H,9-10H2,1-2H3. The molecule has 0 aliphatic heterocycles. The van der Waals surface area contributed by atoms with Crippen LogP contribution in [0, 0.1) is 5.92 Å². The van der Waals surface area contributed by atoms with Gasteiger partial charge in [0.25, 0.3) is 0 Å². The topological polar surface area (TPSA) is 25.2 Å². The fraction of sp³-hybridized carbons (Fsp3) is 0.412. The Kier molecular flexibility index (Phi) is 3.86. The highest BCUT2D eigenvalue weighted by Crippen LogP contribution is 2.47. The van der Waals surface area contributed by atoms with Gasteiger partial charge in [0.2, 0.25) is 0 Å². The first-order valence-electron chi connectivity index (χ1n) is 7.21. The summed E-state index contributed by atoms with van der Waals surface area (Å²) < 4.78 is 5.90. The Balaban J connectivity index is 1.59. The largest absolute Gasteiger partial charge is 0.464 e. The number of hydrogen-bond acceptors (Lipinski definition) is 2. The monoisotopic (exact) mass is 289 g/mol. The van der Waals surface area contributed by atoms with E-state index in [2.05, 4.69) is 37.4 Å². The molecule has 20 heavy (non-hydrogen) atoms. The van der Waals surface area contributed by atoms with Crippen LogP contribution in [0.1, 0.15) is 49.3 Å². The molecule has 1 aromatic heterocycles. The number of benzene rings is 1. The highest BCUT2D eigenvalue weighted by atomic mass is 35.5. The maximum atomic E-state index is 6.21. The molecule has 0 spiro atoms. The van der Waals surface area contributed by atoms with E-state index >= 15 is 0 Å². The summed E-state index contributed by atoms with van der Waals surface area (Å²) in [5.41, 5.74) is 1.12. The van der Waals surface area contributed by atoms with Gasteiger partial charge in [0, 0.05) is 17.0 Å². The van der Waals surface area contributed by atoms with E-state index in [-0.39, 0.29) is 6.04 Å². The van der Waals surface area contributed by atoms with Crippen LogP contribution >= 0.6 is 11.6 Å². The van der Waals surface area contributed by atoms with Crippen LogP contribution in [0.4, 0.5) is 0 Å². The van der Waals surface area contributed by atoms with Gasteiger partial charge in [-0.25, -0.2) is 0 Å². The predicted octanol–water partition coefficient (Wildman–Crippen LogP) is 4.91. The number of halogens is 1. The first-order chi connectivity index (χ1) is 9.65. The second kappa shape index (κ2) is 5.63. The van der Waals surface area contributed by atoms with Crippen LogP contribution in [0.15, 0.2) is 40.8 Å². The van der Waals surface area contributed by atoms with Crippen LogP contribution in [0.25, 0.3) is 0 Å². The van der Waals surface area contributed by atoms with Gasteiger partial charge < -0.3 is 9.73 Å². The number of rotatable bonds is 5. The Labute approximate surface area is 125 Å². The summed E-state index contributed by atoms with van der Waals surface area (Å²) in [5, 5.41) is 4.27. The van der Waals surface area contributed by atoms with Gasteiger partial charge in [-0.05, 0) is 43.0 Å². The van der Waals surface area contributed by atoms with Gasteiger partial charge in [0.1, 0.15) is 11.5 Å². The van der Waals surface area contributed by atoms with Gasteiger partial charge in [0.05, 0.1) is 6.54 Å². The van der Waals surface area contributed by atoms with Crippen molar-refractivity contribution in [1.29, 1.82) is 0 Å². The van der Waals surface area contributed by atoms with Gasteiger partial charge in [-0.1, -0.05) is 36.7 Å². The molecule has 0 radical (unpaired) electrons. The van der Waals surface area contributed by atoms with E-state index in [9.17, 15) is 0 Å². The van der Waals surface area contributed by atoms with Crippen LogP contribution in [-0.2, 0) is 6.54 Å². The molecule has 1 fully saturated rings. The van der Waals surface area contributed by atoms with Crippen LogP contribution < -0.4 is 5.32 Å². The summed E-state index contributed by atoms with van der Waals surface area (Å²) >= 11 is 6.21. The third-order valence-corrected chi connectivity index (χ3v) is 4.46. The summed E-state index contributed by atoms with van der Waals surface area (Å²) in [5.74, 6) is 3.56. The first kappa shape index (κ1) is 13.7. The first-order valence-corrected chi connectivity index (χ1v) is 7.59. The van der Waals surface area contributed by atoms with E-state index in [1.807, 2.05) is 18.2 Å². The number of furan rings is 1. The van der Waals surface area contributed by atoms with Crippen molar-refractivity contribution < 1.29 is 4.42 Å². The zero-order chi connectivity index (χ0) is 14.1. The van der Waals surface area contributed by atoms with Crippen molar-refractivity contribution in [3.05, 3.63) is 58.5 Å². The van der Waals surface area contributed by atoms with Gasteiger partial charge in [0.15, 0.2) is 0 Å². The van der Waals surface area contributed by atoms with Crippen molar-refractivity contribution in [3.63, 3.8) is 0 Å². The summed E-state index contributed by atoms with van der Waals surface area (Å²) in [6, 6.07) is 12.3. The Morgan fingerprint density at radius 1 is 1.30 bits per heavy atom. The molecule has 3 heteroatoms. The SMILES string of the molecule is CC(NCc1ccc(C2CC2C)o1)c1ccccc1Cl. The molecule has 1 N–H and O–H groups in total. The van der Waals surface area contributed by atoms with Crippen molar-refractivity contribution in [3.8, 4) is 0 Å². The lowest BCUT2D eigenvalue weighted by atomic mass is 10.1. The number of hydrogen-bond donors (Lipinski definition) is 1. The quantitative estimate of drug-likeness (QED) is 0.846. The molecule has 0 bridgehead atoms. The van der Waals surface area contributed by atoms with E-state index in [1.165, 1.54) is 6.42 Å². The Morgan fingerprint density at radius 3 is 2.75 bits per heavy atom. The Hall–Kier alpha value is -1.25. The molecule has 1 saturated carbocycles. The normalized spacial score (nSPS) is 22.8. The van der Waals surface area contributed by atoms with Crippen molar-refractivity contribution >= 4 is 11.6 Å². The van der Waals surface area contributed by atoms with Crippen molar-refractivity contribution in [1.82, 2.24) is 5.32 Å². The molecule has 1 aliphatic rings. The molecule has 0 amide bonds. The maximum Gasteiger partial charge on any atom is 0.117 e. The van der Waals surface area contributed by atoms with Crippen LogP contribution in [0.2, 0.25) is 5.02 Å². The molecular weight excluding hydrogens is 270 g/mol. The molecule has 2 aromatic rings. The summed E-state index contributed by atoms with van der Waals surface area (Å²) in [4.78, 5) is 0. The van der Waals surface area contributed by atoms with Gasteiger partial charge in [-0.15, -0.1) is 0 Å². The lowest BCUT2D eigenvalue weighted by Gasteiger charge is -2.14. The smallest absolute Gasteiger partial charge is 0.117 e. The highest BCUT2D eigenvalue weighted by molar-refractivity contribution is 6.31. The van der Waals surface area contributed by atoms with Crippen LogP contribution in [0.3, 0.4) is 0 Å². The zero-order valence-electron chi connectivity index (χ0n) is 11.9. The summed E-state index contributed by atoms with van der Waals surface area (Å²) in [6.07, 6.45) is 1.26. The molecule has 1 aliphatic carbocycles. The molecule has 0 saturated heterocycles. The van der Waals surface area contributed by atoms with Crippen LogP contribution in [0.5, 0.6) is 0 Å². The molecule has 1 aromatic carbocycles. The average molecular weight is 290 g/mol. The molecule has 2 nitrogen and oxygen atoms in total. The Morgan fingerprint density at radius 2 is 2.05 bits per heavy atom. The highest BCUT2D eigenvalue weighted by Gasteiger charge is 2.36. The second-order valence-corrected chi connectivity index (χ2v) is 6.15. The average Bonchev–Trinajstić information content (AvgIpc) is 3.00. The van der Waals surface area contributed by atoms with E-state index in [0.717, 1.165) is 34.6 Å². The van der Waals surface area contributed by atoms with E-state index in [4.69, 9.17) is 16.0 Å². The maximum absolute atomic E-state index is 6.21. The van der Waals surface area contributed by atoms with E-state index in [1.54, 1.807) is 0 Å². The number of nitrogens with one attached hydrogen (secondary N) is 1. The summed E-state index contributed by atoms with van der Waals surface area (Å²) in [6.45, 7) is 5.12. The van der Waals surface area contributed by atoms with Crippen molar-refractivity contribution in [2.75, 3.05) is 0 Å². The molecule has 1 heterocycles. The lowest BCUT2D eigenvalue weighted by Crippen LogP contribution is -2.18. The predicted molar refractivity (Wildman–Crippen MR) is 81.9 cm³/mol. The third-order valence-electron chi connectivity index (χ3n) is 4.11. The second-order valence-electron chi connectivity index (χ2n) is 5.75. The minimum absolute atomic E-state index is 0.206. The van der Waals surface area contributed by atoms with Crippen LogP contribution in [-0.4, -0.2) is 0 Å². The fourth-order valence-electron chi connectivity index (χ4n) is 2.60. The molecule has 3 rings (SSSR count). The minimum Gasteiger partial charge on any atom is -0.464 e. The van der Waals surface area contributed by atoms with Gasteiger partial charge in [-0.3, -0.25) is 0 Å². The van der Waals surface area contributed by atoms with E-state index < -0.39 is 0 Å². The van der Waals surface area contributed by atoms with Crippen molar-refractivity contribution in [2.24, 2.45) is 5.92 Å². The molecule has 3 unspecified atom stereocenters.